The van der Waals surface area contributed by atoms with Crippen LogP contribution in [-0.4, -0.2) is 28.8 Å². The molecule has 4 nitrogen and oxygen atoms in total. The fraction of sp³-hybridized carbons (Fsp3) is 0.667. The molecule has 2 N–H and O–H groups in total. The number of pyridine rings is 1. The molecule has 0 bridgehead atoms. The standard InChI is InChI=1S/C15H26N2O2/c1-11(2)17-7-6-15(5,18)13-8-14(10-16-9-13)19-12(3)4/h8-12,17-18H,6-7H2,1-5H3. The Bertz CT molecular complexity index is 389. The molecule has 108 valence electrons. The number of aliphatic hydroxyl groups is 1. The minimum atomic E-state index is -0.898. The Morgan fingerprint density at radius 1 is 1.32 bits per heavy atom. The number of rotatable bonds is 7. The summed E-state index contributed by atoms with van der Waals surface area (Å²) in [7, 11) is 0. The van der Waals surface area contributed by atoms with Crippen molar-refractivity contribution >= 4 is 0 Å². The first kappa shape index (κ1) is 15.9. The van der Waals surface area contributed by atoms with Crippen LogP contribution in [0.4, 0.5) is 0 Å². The summed E-state index contributed by atoms with van der Waals surface area (Å²) in [4.78, 5) is 4.14. The Hall–Kier alpha value is -1.13. The maximum Gasteiger partial charge on any atom is 0.138 e. The summed E-state index contributed by atoms with van der Waals surface area (Å²) in [6, 6.07) is 2.28. The average molecular weight is 266 g/mol. The van der Waals surface area contributed by atoms with Crippen LogP contribution in [0.1, 0.15) is 46.6 Å². The van der Waals surface area contributed by atoms with Crippen molar-refractivity contribution in [1.29, 1.82) is 0 Å². The predicted molar refractivity (Wildman–Crippen MR) is 77.3 cm³/mol. The Morgan fingerprint density at radius 3 is 2.58 bits per heavy atom. The van der Waals surface area contributed by atoms with E-state index in [1.807, 2.05) is 26.8 Å². The highest BCUT2D eigenvalue weighted by molar-refractivity contribution is 5.27. The molecule has 0 aliphatic rings. The first-order valence-electron chi connectivity index (χ1n) is 6.89. The van der Waals surface area contributed by atoms with E-state index in [1.54, 1.807) is 12.4 Å². The van der Waals surface area contributed by atoms with E-state index in [2.05, 4.69) is 24.1 Å². The molecule has 1 aromatic heterocycles. The minimum Gasteiger partial charge on any atom is -0.489 e. The van der Waals surface area contributed by atoms with E-state index in [1.165, 1.54) is 0 Å². The SMILES string of the molecule is CC(C)NCCC(C)(O)c1cncc(OC(C)C)c1. The van der Waals surface area contributed by atoms with Crippen molar-refractivity contribution in [1.82, 2.24) is 10.3 Å². The summed E-state index contributed by atoms with van der Waals surface area (Å²) in [6.07, 6.45) is 4.11. The number of hydrogen-bond donors (Lipinski definition) is 2. The first-order chi connectivity index (χ1) is 8.81. The quantitative estimate of drug-likeness (QED) is 0.796. The van der Waals surface area contributed by atoms with Gasteiger partial charge in [0.1, 0.15) is 5.75 Å². The molecule has 0 spiro atoms. The van der Waals surface area contributed by atoms with Gasteiger partial charge in [0.25, 0.3) is 0 Å². The molecule has 0 aromatic carbocycles. The molecule has 0 radical (unpaired) electrons. The van der Waals surface area contributed by atoms with Gasteiger partial charge in [-0.2, -0.15) is 0 Å². The molecule has 4 heteroatoms. The second kappa shape index (κ2) is 6.87. The average Bonchev–Trinajstić information content (AvgIpc) is 2.27. The summed E-state index contributed by atoms with van der Waals surface area (Å²) >= 11 is 0. The Kier molecular flexibility index (Phi) is 5.76. The predicted octanol–water partition coefficient (Wildman–Crippen LogP) is 2.46. The third-order valence-corrected chi connectivity index (χ3v) is 2.87. The van der Waals surface area contributed by atoms with Crippen LogP contribution in [0.5, 0.6) is 5.75 Å². The normalized spacial score (nSPS) is 14.7. The molecule has 1 atom stereocenters. The number of nitrogens with one attached hydrogen (secondary N) is 1. The lowest BCUT2D eigenvalue weighted by Crippen LogP contribution is -2.31. The van der Waals surface area contributed by atoms with Crippen LogP contribution in [0, 0.1) is 0 Å². The van der Waals surface area contributed by atoms with Gasteiger partial charge >= 0.3 is 0 Å². The monoisotopic (exact) mass is 266 g/mol. The van der Waals surface area contributed by atoms with Gasteiger partial charge in [0.15, 0.2) is 0 Å². The lowest BCUT2D eigenvalue weighted by atomic mass is 9.94. The van der Waals surface area contributed by atoms with E-state index in [0.717, 1.165) is 12.1 Å². The van der Waals surface area contributed by atoms with Gasteiger partial charge in [-0.1, -0.05) is 13.8 Å². The highest BCUT2D eigenvalue weighted by Gasteiger charge is 2.23. The van der Waals surface area contributed by atoms with Crippen molar-refractivity contribution in [2.24, 2.45) is 0 Å². The van der Waals surface area contributed by atoms with Gasteiger partial charge in [0.05, 0.1) is 17.9 Å². The number of aromatic nitrogens is 1. The van der Waals surface area contributed by atoms with Crippen molar-refractivity contribution in [3.63, 3.8) is 0 Å². The van der Waals surface area contributed by atoms with Crippen LogP contribution < -0.4 is 10.1 Å². The molecular weight excluding hydrogens is 240 g/mol. The molecule has 0 saturated heterocycles. The summed E-state index contributed by atoms with van der Waals surface area (Å²) in [5, 5.41) is 13.8. The van der Waals surface area contributed by atoms with Crippen LogP contribution >= 0.6 is 0 Å². The van der Waals surface area contributed by atoms with Crippen LogP contribution in [0.3, 0.4) is 0 Å². The molecule has 1 rings (SSSR count). The molecule has 19 heavy (non-hydrogen) atoms. The third-order valence-electron chi connectivity index (χ3n) is 2.87. The van der Waals surface area contributed by atoms with E-state index < -0.39 is 5.60 Å². The van der Waals surface area contributed by atoms with Crippen LogP contribution in [-0.2, 0) is 5.60 Å². The van der Waals surface area contributed by atoms with Crippen molar-refractivity contribution in [3.05, 3.63) is 24.0 Å². The van der Waals surface area contributed by atoms with Gasteiger partial charge in [0.2, 0.25) is 0 Å². The second-order valence-corrected chi connectivity index (χ2v) is 5.71. The number of nitrogens with zero attached hydrogens (tertiary/aromatic N) is 1. The Labute approximate surface area is 116 Å². The molecule has 1 unspecified atom stereocenters. The van der Waals surface area contributed by atoms with E-state index in [-0.39, 0.29) is 6.10 Å². The van der Waals surface area contributed by atoms with E-state index in [9.17, 15) is 5.11 Å². The van der Waals surface area contributed by atoms with E-state index in [0.29, 0.717) is 18.2 Å². The van der Waals surface area contributed by atoms with Crippen LogP contribution in [0.25, 0.3) is 0 Å². The molecule has 1 heterocycles. The zero-order valence-electron chi connectivity index (χ0n) is 12.6. The highest BCUT2D eigenvalue weighted by atomic mass is 16.5. The second-order valence-electron chi connectivity index (χ2n) is 5.71. The molecule has 0 amide bonds. The largest absolute Gasteiger partial charge is 0.489 e. The van der Waals surface area contributed by atoms with Crippen molar-refractivity contribution in [3.8, 4) is 5.75 Å². The summed E-state index contributed by atoms with van der Waals surface area (Å²) < 4.78 is 5.60. The molecule has 0 saturated carbocycles. The fourth-order valence-corrected chi connectivity index (χ4v) is 1.80. The third kappa shape index (κ3) is 5.57. The van der Waals surface area contributed by atoms with Gasteiger partial charge in [-0.15, -0.1) is 0 Å². The maximum atomic E-state index is 10.5. The molecule has 0 fully saturated rings. The zero-order chi connectivity index (χ0) is 14.5. The van der Waals surface area contributed by atoms with Crippen LogP contribution in [0.2, 0.25) is 0 Å². The molecule has 1 aromatic rings. The summed E-state index contributed by atoms with van der Waals surface area (Å²) in [5.41, 5.74) is -0.109. The highest BCUT2D eigenvalue weighted by Crippen LogP contribution is 2.26. The van der Waals surface area contributed by atoms with E-state index >= 15 is 0 Å². The van der Waals surface area contributed by atoms with Gasteiger partial charge in [-0.05, 0) is 39.8 Å². The zero-order valence-corrected chi connectivity index (χ0v) is 12.6. The first-order valence-corrected chi connectivity index (χ1v) is 6.89. The topological polar surface area (TPSA) is 54.4 Å². The van der Waals surface area contributed by atoms with E-state index in [4.69, 9.17) is 4.74 Å². The maximum absolute atomic E-state index is 10.5. The minimum absolute atomic E-state index is 0.101. The van der Waals surface area contributed by atoms with Crippen molar-refractivity contribution in [2.45, 2.75) is 58.8 Å². The number of ether oxygens (including phenoxy) is 1. The fourth-order valence-electron chi connectivity index (χ4n) is 1.80. The van der Waals surface area contributed by atoms with Gasteiger partial charge < -0.3 is 15.2 Å². The number of hydrogen-bond acceptors (Lipinski definition) is 4. The Morgan fingerprint density at radius 2 is 2.00 bits per heavy atom. The lowest BCUT2D eigenvalue weighted by Gasteiger charge is -2.25. The lowest BCUT2D eigenvalue weighted by molar-refractivity contribution is 0.0467. The van der Waals surface area contributed by atoms with Gasteiger partial charge in [-0.25, -0.2) is 0 Å². The van der Waals surface area contributed by atoms with Gasteiger partial charge in [0, 0.05) is 17.8 Å². The molecule has 0 aliphatic carbocycles. The van der Waals surface area contributed by atoms with Crippen molar-refractivity contribution < 1.29 is 9.84 Å². The van der Waals surface area contributed by atoms with Crippen molar-refractivity contribution in [2.75, 3.05) is 6.54 Å². The Balaban J connectivity index is 2.71. The summed E-state index contributed by atoms with van der Waals surface area (Å²) in [6.45, 7) is 10.7. The smallest absolute Gasteiger partial charge is 0.138 e. The van der Waals surface area contributed by atoms with Gasteiger partial charge in [-0.3, -0.25) is 4.98 Å². The van der Waals surface area contributed by atoms with Crippen LogP contribution in [0.15, 0.2) is 18.5 Å². The molecule has 0 aliphatic heterocycles. The molecular formula is C15H26N2O2. The summed E-state index contributed by atoms with van der Waals surface area (Å²) in [5.74, 6) is 0.699.